The lowest BCUT2D eigenvalue weighted by atomic mass is 9.93. The molecule has 2 aromatic rings. The molecular weight excluding hydrogens is 288 g/mol. The van der Waals surface area contributed by atoms with Crippen LogP contribution >= 0.6 is 0 Å². The molecule has 2 rings (SSSR count). The van der Waals surface area contributed by atoms with Gasteiger partial charge >= 0.3 is 5.97 Å². The normalized spacial score (nSPS) is 11.2. The first-order valence-electron chi connectivity index (χ1n) is 6.49. The number of hydrogen-bond acceptors (Lipinski definition) is 6. The molecule has 1 aromatic heterocycles. The maximum atomic E-state index is 12.0. The Kier molecular flexibility index (Phi) is 3.85. The second-order valence-corrected chi connectivity index (χ2v) is 5.76. The summed E-state index contributed by atoms with van der Waals surface area (Å²) in [6.07, 6.45) is 0. The van der Waals surface area contributed by atoms with Crippen LogP contribution in [0.5, 0.6) is 5.75 Å². The molecule has 0 atom stereocenters. The number of nitrogens with one attached hydrogen (secondary N) is 2. The topological polar surface area (TPSA) is 128 Å². The van der Waals surface area contributed by atoms with E-state index in [4.69, 9.17) is 5.11 Å². The molecule has 0 fully saturated rings. The maximum Gasteiger partial charge on any atom is 0.339 e. The molecule has 4 N–H and O–H groups in total. The van der Waals surface area contributed by atoms with Gasteiger partial charge in [0.25, 0.3) is 5.56 Å². The Morgan fingerprint density at radius 3 is 2.50 bits per heavy atom. The molecule has 0 bridgehead atoms. The lowest BCUT2D eigenvalue weighted by Crippen LogP contribution is -2.28. The predicted molar refractivity (Wildman–Crippen MR) is 79.7 cm³/mol. The summed E-state index contributed by atoms with van der Waals surface area (Å²) in [5, 5.41) is 28.9. The van der Waals surface area contributed by atoms with E-state index in [0.717, 1.165) is 0 Å². The molecule has 1 heterocycles. The quantitative estimate of drug-likeness (QED) is 0.634. The number of anilines is 2. The fraction of sp³-hybridized carbons (Fsp3) is 0.286. The lowest BCUT2D eigenvalue weighted by Gasteiger charge is -2.15. The molecule has 8 nitrogen and oxygen atoms in total. The minimum Gasteiger partial charge on any atom is -0.507 e. The van der Waals surface area contributed by atoms with E-state index in [-0.39, 0.29) is 22.8 Å². The third kappa shape index (κ3) is 3.22. The number of hydrogen-bond donors (Lipinski definition) is 4. The summed E-state index contributed by atoms with van der Waals surface area (Å²) >= 11 is 0. The van der Waals surface area contributed by atoms with Gasteiger partial charge in [0.2, 0.25) is 5.95 Å². The van der Waals surface area contributed by atoms with Crippen LogP contribution in [0.4, 0.5) is 11.6 Å². The Bertz CT molecular complexity index is 777. The van der Waals surface area contributed by atoms with Crippen LogP contribution in [0.15, 0.2) is 23.0 Å². The van der Waals surface area contributed by atoms with Crippen molar-refractivity contribution in [2.45, 2.75) is 26.2 Å². The minimum atomic E-state index is -1.26. The largest absolute Gasteiger partial charge is 0.507 e. The second-order valence-electron chi connectivity index (χ2n) is 5.76. The molecule has 0 spiro atoms. The first-order valence-corrected chi connectivity index (χ1v) is 6.49. The van der Waals surface area contributed by atoms with Gasteiger partial charge in [0.05, 0.1) is 0 Å². The number of aromatic nitrogens is 3. The van der Waals surface area contributed by atoms with E-state index in [1.165, 1.54) is 18.2 Å². The number of aromatic carboxylic acids is 1. The van der Waals surface area contributed by atoms with Crippen molar-refractivity contribution in [2.75, 3.05) is 5.32 Å². The Morgan fingerprint density at radius 1 is 1.27 bits per heavy atom. The van der Waals surface area contributed by atoms with Gasteiger partial charge in [0, 0.05) is 11.1 Å². The number of H-pyrrole nitrogens is 1. The van der Waals surface area contributed by atoms with Gasteiger partial charge in [-0.2, -0.15) is 0 Å². The summed E-state index contributed by atoms with van der Waals surface area (Å²) in [6.45, 7) is 5.54. The Balaban J connectivity index is 2.32. The smallest absolute Gasteiger partial charge is 0.339 e. The van der Waals surface area contributed by atoms with Crippen molar-refractivity contribution in [3.8, 4) is 5.75 Å². The van der Waals surface area contributed by atoms with Crippen LogP contribution in [-0.2, 0) is 5.41 Å². The number of rotatable bonds is 3. The van der Waals surface area contributed by atoms with Gasteiger partial charge in [-0.3, -0.25) is 9.78 Å². The Labute approximate surface area is 125 Å². The fourth-order valence-corrected chi connectivity index (χ4v) is 1.81. The fourth-order valence-electron chi connectivity index (χ4n) is 1.81. The Morgan fingerprint density at radius 2 is 1.95 bits per heavy atom. The van der Waals surface area contributed by atoms with E-state index in [1.807, 2.05) is 20.8 Å². The maximum absolute atomic E-state index is 12.0. The molecule has 1 aromatic carbocycles. The number of benzene rings is 1. The van der Waals surface area contributed by atoms with E-state index < -0.39 is 11.4 Å². The van der Waals surface area contributed by atoms with Gasteiger partial charge in [-0.05, 0) is 18.2 Å². The first kappa shape index (κ1) is 15.5. The third-order valence-electron chi connectivity index (χ3n) is 2.90. The number of carbonyl (C=O) groups is 1. The summed E-state index contributed by atoms with van der Waals surface area (Å²) < 4.78 is 0. The first-order chi connectivity index (χ1) is 10.2. The van der Waals surface area contributed by atoms with Crippen molar-refractivity contribution in [3.63, 3.8) is 0 Å². The Hall–Kier alpha value is -2.90. The van der Waals surface area contributed by atoms with Crippen LogP contribution in [0.1, 0.15) is 36.8 Å². The van der Waals surface area contributed by atoms with Crippen molar-refractivity contribution in [1.29, 1.82) is 0 Å². The highest BCUT2D eigenvalue weighted by Gasteiger charge is 2.20. The standard InChI is InChI=1S/C14H16N4O4/c1-14(2,3)10-11(20)16-13(18-17-10)15-7-4-5-9(19)8(6-7)12(21)22/h4-6,19H,1-3H3,(H,21,22)(H2,15,16,18,20). The van der Waals surface area contributed by atoms with Crippen LogP contribution in [0, 0.1) is 0 Å². The van der Waals surface area contributed by atoms with Crippen LogP contribution in [-0.4, -0.2) is 31.4 Å². The third-order valence-corrected chi connectivity index (χ3v) is 2.90. The van der Waals surface area contributed by atoms with E-state index in [0.29, 0.717) is 11.4 Å². The van der Waals surface area contributed by atoms with Crippen molar-refractivity contribution in [3.05, 3.63) is 39.8 Å². The number of carboxylic acid groups (broad SMARTS) is 1. The van der Waals surface area contributed by atoms with Crippen molar-refractivity contribution < 1.29 is 15.0 Å². The average molecular weight is 304 g/mol. The minimum absolute atomic E-state index is 0.0834. The van der Waals surface area contributed by atoms with Gasteiger partial charge in [-0.1, -0.05) is 20.8 Å². The van der Waals surface area contributed by atoms with Crippen LogP contribution in [0.2, 0.25) is 0 Å². The number of nitrogens with zero attached hydrogens (tertiary/aromatic N) is 2. The van der Waals surface area contributed by atoms with Crippen molar-refractivity contribution in [1.82, 2.24) is 15.2 Å². The molecule has 0 saturated carbocycles. The molecule has 0 unspecified atom stereocenters. The van der Waals surface area contributed by atoms with Crippen molar-refractivity contribution >= 4 is 17.6 Å². The number of phenols is 1. The molecular formula is C14H16N4O4. The second kappa shape index (κ2) is 5.47. The predicted octanol–water partition coefficient (Wildman–Crippen LogP) is 1.61. The lowest BCUT2D eigenvalue weighted by molar-refractivity contribution is 0.0694. The molecule has 0 aliphatic heterocycles. The zero-order chi connectivity index (χ0) is 16.5. The molecule has 0 radical (unpaired) electrons. The molecule has 22 heavy (non-hydrogen) atoms. The van der Waals surface area contributed by atoms with E-state index in [1.54, 1.807) is 0 Å². The molecule has 8 heteroatoms. The highest BCUT2D eigenvalue weighted by atomic mass is 16.4. The van der Waals surface area contributed by atoms with E-state index in [2.05, 4.69) is 20.5 Å². The monoisotopic (exact) mass is 304 g/mol. The highest BCUT2D eigenvalue weighted by Crippen LogP contribution is 2.23. The van der Waals surface area contributed by atoms with Gasteiger partial charge in [0.1, 0.15) is 17.0 Å². The molecule has 116 valence electrons. The van der Waals surface area contributed by atoms with Gasteiger partial charge in [-0.15, -0.1) is 10.2 Å². The molecule has 0 aliphatic rings. The summed E-state index contributed by atoms with van der Waals surface area (Å²) in [4.78, 5) is 25.5. The van der Waals surface area contributed by atoms with E-state index in [9.17, 15) is 14.7 Å². The summed E-state index contributed by atoms with van der Waals surface area (Å²) in [6, 6.07) is 3.93. The van der Waals surface area contributed by atoms with Crippen molar-refractivity contribution in [2.24, 2.45) is 0 Å². The highest BCUT2D eigenvalue weighted by molar-refractivity contribution is 5.92. The van der Waals surface area contributed by atoms with Crippen LogP contribution in [0.3, 0.4) is 0 Å². The molecule has 0 aliphatic carbocycles. The van der Waals surface area contributed by atoms with Crippen LogP contribution in [0.25, 0.3) is 0 Å². The molecule has 0 amide bonds. The zero-order valence-corrected chi connectivity index (χ0v) is 12.3. The van der Waals surface area contributed by atoms with Gasteiger partial charge in [0.15, 0.2) is 0 Å². The molecule has 0 saturated heterocycles. The zero-order valence-electron chi connectivity index (χ0n) is 12.3. The van der Waals surface area contributed by atoms with Gasteiger partial charge in [-0.25, -0.2) is 4.79 Å². The number of aromatic amines is 1. The van der Waals surface area contributed by atoms with Crippen LogP contribution < -0.4 is 10.9 Å². The summed E-state index contributed by atoms with van der Waals surface area (Å²) in [5.41, 5.74) is -0.416. The van der Waals surface area contributed by atoms with E-state index >= 15 is 0 Å². The summed E-state index contributed by atoms with van der Waals surface area (Å²) in [7, 11) is 0. The summed E-state index contributed by atoms with van der Waals surface area (Å²) in [5.74, 6) is -1.52. The SMILES string of the molecule is CC(C)(C)c1nnc(Nc2ccc(O)c(C(=O)O)c2)[nH]c1=O. The number of aromatic hydroxyl groups is 1. The van der Waals surface area contributed by atoms with Gasteiger partial charge < -0.3 is 15.5 Å². The average Bonchev–Trinajstić information content (AvgIpc) is 2.39. The number of carboxylic acids is 1.